The second-order valence-electron chi connectivity index (χ2n) is 10.3. The minimum atomic E-state index is 1.21. The maximum atomic E-state index is 2.54. The van der Waals surface area contributed by atoms with Crippen molar-refractivity contribution < 1.29 is 4.57 Å². The van der Waals surface area contributed by atoms with Crippen LogP contribution in [0.2, 0.25) is 0 Å². The van der Waals surface area contributed by atoms with Gasteiger partial charge >= 0.3 is 0 Å². The number of hydrogen-bond acceptors (Lipinski definition) is 0. The molecule has 186 valence electrons. The van der Waals surface area contributed by atoms with Crippen LogP contribution in [-0.2, 0) is 19.4 Å². The second kappa shape index (κ2) is 22.0. The normalized spacial score (nSPS) is 11.3. The van der Waals surface area contributed by atoms with Crippen LogP contribution < -0.4 is 4.57 Å². The highest BCUT2D eigenvalue weighted by Gasteiger charge is 2.08. The Morgan fingerprint density at radius 2 is 0.781 bits per heavy atom. The lowest BCUT2D eigenvalue weighted by Crippen LogP contribution is -2.34. The smallest absolute Gasteiger partial charge is 0.171 e. The number of hydrogen-bond donors (Lipinski definition) is 0. The number of aryl methyl sites for hydroxylation is 3. The number of pyridine rings is 1. The molecular weight excluding hydrogens is 386 g/mol. The van der Waals surface area contributed by atoms with Gasteiger partial charge in [0.25, 0.3) is 0 Å². The summed E-state index contributed by atoms with van der Waals surface area (Å²) in [4.78, 5) is 0. The molecule has 0 unspecified atom stereocenters. The average molecular weight is 445 g/mol. The van der Waals surface area contributed by atoms with Crippen molar-refractivity contribution in [3.63, 3.8) is 0 Å². The van der Waals surface area contributed by atoms with Gasteiger partial charge in [-0.1, -0.05) is 124 Å². The van der Waals surface area contributed by atoms with Gasteiger partial charge in [-0.3, -0.25) is 0 Å². The Bertz CT molecular complexity index is 489. The fraction of sp³-hybridized carbons (Fsp3) is 0.839. The van der Waals surface area contributed by atoms with Crippen molar-refractivity contribution in [3.05, 3.63) is 29.6 Å². The van der Waals surface area contributed by atoms with Crippen LogP contribution in [0.5, 0.6) is 0 Å². The molecule has 0 aliphatic rings. The molecule has 0 spiro atoms. The average Bonchev–Trinajstić information content (AvgIpc) is 2.80. The van der Waals surface area contributed by atoms with Crippen molar-refractivity contribution in [1.82, 2.24) is 0 Å². The van der Waals surface area contributed by atoms with Crippen LogP contribution in [0.1, 0.15) is 160 Å². The predicted octanol–water partition coefficient (Wildman–Crippen LogP) is 9.92. The SMILES string of the molecule is CCCCCCCCCCCC[n+]1cc(CCCCCCC)cc(CCCCCCC)c1. The Kier molecular flexibility index (Phi) is 20.0. The molecule has 0 atom stereocenters. The molecule has 0 saturated carbocycles. The van der Waals surface area contributed by atoms with E-state index in [2.05, 4.69) is 43.8 Å². The Labute approximate surface area is 202 Å². The van der Waals surface area contributed by atoms with Crippen LogP contribution in [0.4, 0.5) is 0 Å². The zero-order chi connectivity index (χ0) is 23.1. The number of unbranched alkanes of at least 4 members (excludes halogenated alkanes) is 17. The van der Waals surface area contributed by atoms with Crippen molar-refractivity contribution in [2.75, 3.05) is 0 Å². The van der Waals surface area contributed by atoms with Gasteiger partial charge in [-0.25, -0.2) is 4.57 Å². The lowest BCUT2D eigenvalue weighted by molar-refractivity contribution is -0.698. The quantitative estimate of drug-likeness (QED) is 0.117. The summed E-state index contributed by atoms with van der Waals surface area (Å²) in [5, 5.41) is 0. The van der Waals surface area contributed by atoms with Crippen LogP contribution in [-0.4, -0.2) is 0 Å². The Morgan fingerprint density at radius 1 is 0.438 bits per heavy atom. The molecule has 0 saturated heterocycles. The van der Waals surface area contributed by atoms with Crippen LogP contribution >= 0.6 is 0 Å². The molecule has 0 aromatic carbocycles. The molecule has 1 aromatic heterocycles. The van der Waals surface area contributed by atoms with Gasteiger partial charge in [-0.05, 0) is 38.2 Å². The van der Waals surface area contributed by atoms with Gasteiger partial charge in [0, 0.05) is 17.5 Å². The van der Waals surface area contributed by atoms with Gasteiger partial charge in [-0.15, -0.1) is 0 Å². The molecule has 0 radical (unpaired) electrons. The van der Waals surface area contributed by atoms with E-state index in [1.165, 1.54) is 148 Å². The maximum Gasteiger partial charge on any atom is 0.171 e. The predicted molar refractivity (Wildman–Crippen MR) is 143 cm³/mol. The maximum absolute atomic E-state index is 2.54. The third-order valence-electron chi connectivity index (χ3n) is 6.94. The fourth-order valence-electron chi connectivity index (χ4n) is 4.83. The van der Waals surface area contributed by atoms with E-state index in [4.69, 9.17) is 0 Å². The van der Waals surface area contributed by atoms with E-state index < -0.39 is 0 Å². The summed E-state index contributed by atoms with van der Waals surface area (Å²) in [5.41, 5.74) is 3.17. The molecule has 0 fully saturated rings. The van der Waals surface area contributed by atoms with E-state index in [-0.39, 0.29) is 0 Å². The highest BCUT2D eigenvalue weighted by molar-refractivity contribution is 5.15. The Balaban J connectivity index is 2.37. The summed E-state index contributed by atoms with van der Waals surface area (Å²) in [6.07, 6.45) is 35.5. The van der Waals surface area contributed by atoms with Gasteiger partial charge in [0.2, 0.25) is 0 Å². The summed E-state index contributed by atoms with van der Waals surface area (Å²) in [7, 11) is 0. The van der Waals surface area contributed by atoms with Crippen molar-refractivity contribution in [3.8, 4) is 0 Å². The van der Waals surface area contributed by atoms with Crippen LogP contribution in [0.15, 0.2) is 18.5 Å². The number of rotatable bonds is 23. The van der Waals surface area contributed by atoms with Crippen LogP contribution in [0, 0.1) is 0 Å². The van der Waals surface area contributed by atoms with E-state index in [0.717, 1.165) is 0 Å². The number of aromatic nitrogens is 1. The van der Waals surface area contributed by atoms with Crippen molar-refractivity contribution in [2.24, 2.45) is 0 Å². The van der Waals surface area contributed by atoms with Gasteiger partial charge in [0.15, 0.2) is 12.4 Å². The van der Waals surface area contributed by atoms with Crippen molar-refractivity contribution in [1.29, 1.82) is 0 Å². The summed E-state index contributed by atoms with van der Waals surface area (Å²) < 4.78 is 2.54. The first-order valence-corrected chi connectivity index (χ1v) is 14.8. The lowest BCUT2D eigenvalue weighted by Gasteiger charge is -2.07. The summed E-state index contributed by atoms with van der Waals surface area (Å²) >= 11 is 0. The van der Waals surface area contributed by atoms with Gasteiger partial charge in [-0.2, -0.15) is 0 Å². The molecular formula is C31H58N+. The first kappa shape index (κ1) is 29.2. The van der Waals surface area contributed by atoms with Crippen LogP contribution in [0.25, 0.3) is 0 Å². The molecule has 1 rings (SSSR count). The molecule has 1 heterocycles. The van der Waals surface area contributed by atoms with Gasteiger partial charge < -0.3 is 0 Å². The molecule has 32 heavy (non-hydrogen) atoms. The first-order valence-electron chi connectivity index (χ1n) is 14.8. The van der Waals surface area contributed by atoms with E-state index in [1.807, 2.05) is 0 Å². The molecule has 1 heteroatoms. The largest absolute Gasteiger partial charge is 0.205 e. The highest BCUT2D eigenvalue weighted by Crippen LogP contribution is 2.14. The van der Waals surface area contributed by atoms with Crippen molar-refractivity contribution >= 4 is 0 Å². The van der Waals surface area contributed by atoms with Crippen LogP contribution in [0.3, 0.4) is 0 Å². The van der Waals surface area contributed by atoms with Gasteiger partial charge in [0.05, 0.1) is 0 Å². The third kappa shape index (κ3) is 16.7. The fourth-order valence-corrected chi connectivity index (χ4v) is 4.83. The lowest BCUT2D eigenvalue weighted by atomic mass is 10.0. The topological polar surface area (TPSA) is 3.88 Å². The first-order chi connectivity index (χ1) is 15.8. The minimum absolute atomic E-state index is 1.21. The molecule has 0 aliphatic heterocycles. The van der Waals surface area contributed by atoms with E-state index in [9.17, 15) is 0 Å². The molecule has 1 aromatic rings. The molecule has 0 bridgehead atoms. The zero-order valence-electron chi connectivity index (χ0n) is 22.4. The number of nitrogens with zero attached hydrogens (tertiary/aromatic N) is 1. The monoisotopic (exact) mass is 444 g/mol. The standard InChI is InChI=1S/C31H58N/c1-4-7-10-13-14-15-16-17-20-23-26-32-28-30(24-21-18-11-8-5-2)27-31(29-32)25-22-19-12-9-6-3/h27-29H,4-26H2,1-3H3/q+1. The summed E-state index contributed by atoms with van der Waals surface area (Å²) in [5.74, 6) is 0. The van der Waals surface area contributed by atoms with E-state index >= 15 is 0 Å². The Hall–Kier alpha value is -0.850. The highest BCUT2D eigenvalue weighted by atomic mass is 14.9. The molecule has 1 nitrogen and oxygen atoms in total. The molecule has 0 N–H and O–H groups in total. The minimum Gasteiger partial charge on any atom is -0.205 e. The van der Waals surface area contributed by atoms with E-state index in [0.29, 0.717) is 0 Å². The van der Waals surface area contributed by atoms with E-state index in [1.54, 1.807) is 11.1 Å². The zero-order valence-corrected chi connectivity index (χ0v) is 22.4. The Morgan fingerprint density at radius 3 is 1.19 bits per heavy atom. The molecule has 0 amide bonds. The summed E-state index contributed by atoms with van der Waals surface area (Å²) in [6.45, 7) is 8.13. The van der Waals surface area contributed by atoms with Gasteiger partial charge in [0.1, 0.15) is 6.54 Å². The van der Waals surface area contributed by atoms with Crippen molar-refractivity contribution in [2.45, 2.75) is 169 Å². The second-order valence-corrected chi connectivity index (χ2v) is 10.3. The summed E-state index contributed by atoms with van der Waals surface area (Å²) in [6, 6.07) is 2.52. The third-order valence-corrected chi connectivity index (χ3v) is 6.94. The molecule has 0 aliphatic carbocycles.